The SMILES string of the molecule is CCC[N+](C)(C)CCCCCCCO. The van der Waals surface area contributed by atoms with E-state index in [0.29, 0.717) is 6.61 Å². The molecule has 0 fully saturated rings. The fourth-order valence-corrected chi connectivity index (χ4v) is 1.90. The highest BCUT2D eigenvalue weighted by atomic mass is 16.2. The van der Waals surface area contributed by atoms with Crippen LogP contribution in [0.15, 0.2) is 0 Å². The molecule has 0 saturated carbocycles. The summed E-state index contributed by atoms with van der Waals surface area (Å²) in [6.45, 7) is 5.20. The van der Waals surface area contributed by atoms with Crippen LogP contribution < -0.4 is 0 Å². The van der Waals surface area contributed by atoms with Gasteiger partial charge in [0, 0.05) is 6.61 Å². The van der Waals surface area contributed by atoms with E-state index in [9.17, 15) is 0 Å². The Labute approximate surface area is 89.5 Å². The number of hydrogen-bond acceptors (Lipinski definition) is 1. The summed E-state index contributed by atoms with van der Waals surface area (Å²) in [5.74, 6) is 0. The summed E-state index contributed by atoms with van der Waals surface area (Å²) in [4.78, 5) is 0. The van der Waals surface area contributed by atoms with Gasteiger partial charge < -0.3 is 9.59 Å². The van der Waals surface area contributed by atoms with Gasteiger partial charge in [-0.2, -0.15) is 0 Å². The lowest BCUT2D eigenvalue weighted by Crippen LogP contribution is -2.40. The molecule has 2 heteroatoms. The van der Waals surface area contributed by atoms with Crippen LogP contribution in [0.25, 0.3) is 0 Å². The van der Waals surface area contributed by atoms with Gasteiger partial charge in [0.1, 0.15) is 0 Å². The molecule has 1 N–H and O–H groups in total. The van der Waals surface area contributed by atoms with Crippen molar-refractivity contribution >= 4 is 0 Å². The van der Waals surface area contributed by atoms with Gasteiger partial charge in [0.25, 0.3) is 0 Å². The highest BCUT2D eigenvalue weighted by Crippen LogP contribution is 2.07. The summed E-state index contributed by atoms with van der Waals surface area (Å²) in [6.07, 6.45) is 7.39. The maximum Gasteiger partial charge on any atom is 0.0782 e. The Morgan fingerprint density at radius 1 is 0.857 bits per heavy atom. The summed E-state index contributed by atoms with van der Waals surface area (Å²) < 4.78 is 1.16. The first kappa shape index (κ1) is 13.9. The van der Waals surface area contributed by atoms with Gasteiger partial charge in [0.2, 0.25) is 0 Å². The first-order valence-corrected chi connectivity index (χ1v) is 6.05. The van der Waals surface area contributed by atoms with Crippen molar-refractivity contribution in [3.05, 3.63) is 0 Å². The molecule has 0 spiro atoms. The molecular weight excluding hydrogens is 174 g/mol. The Bertz CT molecular complexity index is 123. The number of hydrogen-bond donors (Lipinski definition) is 1. The van der Waals surface area contributed by atoms with Crippen LogP contribution in [-0.4, -0.2) is 43.4 Å². The Balaban J connectivity index is 3.26. The number of aliphatic hydroxyl groups excluding tert-OH is 1. The topological polar surface area (TPSA) is 20.2 Å². The van der Waals surface area contributed by atoms with Crippen molar-refractivity contribution in [2.75, 3.05) is 33.8 Å². The van der Waals surface area contributed by atoms with E-state index in [1.807, 2.05) is 0 Å². The molecule has 86 valence electrons. The zero-order valence-electron chi connectivity index (χ0n) is 10.3. The van der Waals surface area contributed by atoms with Crippen molar-refractivity contribution in [1.82, 2.24) is 0 Å². The summed E-state index contributed by atoms with van der Waals surface area (Å²) >= 11 is 0. The molecule has 0 unspecified atom stereocenters. The van der Waals surface area contributed by atoms with Gasteiger partial charge in [-0.3, -0.25) is 0 Å². The second-order valence-electron chi connectivity index (χ2n) is 4.87. The van der Waals surface area contributed by atoms with Gasteiger partial charge in [-0.15, -0.1) is 0 Å². The van der Waals surface area contributed by atoms with Crippen molar-refractivity contribution in [3.63, 3.8) is 0 Å². The van der Waals surface area contributed by atoms with E-state index < -0.39 is 0 Å². The average Bonchev–Trinajstić information content (AvgIpc) is 2.11. The lowest BCUT2D eigenvalue weighted by atomic mass is 10.1. The Hall–Kier alpha value is -0.0800. The van der Waals surface area contributed by atoms with Gasteiger partial charge in [0.05, 0.1) is 27.2 Å². The fraction of sp³-hybridized carbons (Fsp3) is 1.00. The third kappa shape index (κ3) is 8.52. The minimum atomic E-state index is 0.359. The van der Waals surface area contributed by atoms with Crippen molar-refractivity contribution in [3.8, 4) is 0 Å². The van der Waals surface area contributed by atoms with Crippen LogP contribution in [0.5, 0.6) is 0 Å². The molecule has 0 heterocycles. The van der Waals surface area contributed by atoms with Crippen molar-refractivity contribution in [1.29, 1.82) is 0 Å². The molecule has 0 aromatic rings. The van der Waals surface area contributed by atoms with E-state index in [1.54, 1.807) is 0 Å². The average molecular weight is 202 g/mol. The van der Waals surface area contributed by atoms with E-state index >= 15 is 0 Å². The second-order valence-corrected chi connectivity index (χ2v) is 4.87. The van der Waals surface area contributed by atoms with E-state index in [4.69, 9.17) is 5.11 Å². The molecule has 0 bridgehead atoms. The molecule has 0 radical (unpaired) electrons. The molecule has 0 rings (SSSR count). The van der Waals surface area contributed by atoms with Crippen LogP contribution in [0.3, 0.4) is 0 Å². The zero-order valence-corrected chi connectivity index (χ0v) is 10.3. The van der Waals surface area contributed by atoms with Gasteiger partial charge >= 0.3 is 0 Å². The third-order valence-corrected chi connectivity index (χ3v) is 2.75. The maximum absolute atomic E-state index is 8.62. The molecule has 0 amide bonds. The summed E-state index contributed by atoms with van der Waals surface area (Å²) in [5.41, 5.74) is 0. The first-order chi connectivity index (χ1) is 6.62. The van der Waals surface area contributed by atoms with Crippen LogP contribution in [0.2, 0.25) is 0 Å². The molecular formula is C12H28NO+. The molecule has 0 aliphatic heterocycles. The van der Waals surface area contributed by atoms with Crippen LogP contribution in [-0.2, 0) is 0 Å². The van der Waals surface area contributed by atoms with Crippen LogP contribution >= 0.6 is 0 Å². The van der Waals surface area contributed by atoms with E-state index in [1.165, 1.54) is 45.2 Å². The predicted octanol–water partition coefficient (Wildman–Crippen LogP) is 2.42. The van der Waals surface area contributed by atoms with Crippen molar-refractivity contribution < 1.29 is 9.59 Å². The number of quaternary nitrogens is 1. The lowest BCUT2D eigenvalue weighted by molar-refractivity contribution is -0.890. The summed E-state index contributed by atoms with van der Waals surface area (Å²) in [5, 5.41) is 8.62. The quantitative estimate of drug-likeness (QED) is 0.450. The number of aliphatic hydroxyl groups is 1. The van der Waals surface area contributed by atoms with Gasteiger partial charge in [0.15, 0.2) is 0 Å². The summed E-state index contributed by atoms with van der Waals surface area (Å²) in [7, 11) is 4.63. The first-order valence-electron chi connectivity index (χ1n) is 6.05. The highest BCUT2D eigenvalue weighted by Gasteiger charge is 2.11. The molecule has 0 atom stereocenters. The van der Waals surface area contributed by atoms with E-state index in [2.05, 4.69) is 21.0 Å². The number of rotatable bonds is 9. The Morgan fingerprint density at radius 3 is 2.00 bits per heavy atom. The molecule has 0 aliphatic rings. The maximum atomic E-state index is 8.62. The normalized spacial score (nSPS) is 12.0. The highest BCUT2D eigenvalue weighted by molar-refractivity contribution is 4.44. The third-order valence-electron chi connectivity index (χ3n) is 2.75. The standard InChI is InChI=1S/C12H28NO/c1-4-10-13(2,3)11-8-6-5-7-9-12-14/h14H,4-12H2,1-3H3/q+1. The van der Waals surface area contributed by atoms with Crippen LogP contribution in [0.4, 0.5) is 0 Å². The van der Waals surface area contributed by atoms with Crippen molar-refractivity contribution in [2.45, 2.75) is 45.4 Å². The fourth-order valence-electron chi connectivity index (χ4n) is 1.90. The lowest BCUT2D eigenvalue weighted by Gasteiger charge is -2.29. The molecule has 0 saturated heterocycles. The van der Waals surface area contributed by atoms with Gasteiger partial charge in [-0.05, 0) is 25.7 Å². The Morgan fingerprint density at radius 2 is 1.43 bits per heavy atom. The Kier molecular flexibility index (Phi) is 8.20. The zero-order chi connectivity index (χ0) is 10.9. The number of nitrogens with zero attached hydrogens (tertiary/aromatic N) is 1. The molecule has 0 aromatic carbocycles. The van der Waals surface area contributed by atoms with Crippen molar-refractivity contribution in [2.24, 2.45) is 0 Å². The smallest absolute Gasteiger partial charge is 0.0782 e. The van der Waals surface area contributed by atoms with E-state index in [-0.39, 0.29) is 0 Å². The van der Waals surface area contributed by atoms with E-state index in [0.717, 1.165) is 10.9 Å². The van der Waals surface area contributed by atoms with Gasteiger partial charge in [-0.1, -0.05) is 19.8 Å². The summed E-state index contributed by atoms with van der Waals surface area (Å²) in [6, 6.07) is 0. The largest absolute Gasteiger partial charge is 0.396 e. The van der Waals surface area contributed by atoms with Crippen LogP contribution in [0.1, 0.15) is 45.4 Å². The second kappa shape index (κ2) is 8.25. The predicted molar refractivity (Wildman–Crippen MR) is 62.3 cm³/mol. The minimum absolute atomic E-state index is 0.359. The monoisotopic (exact) mass is 202 g/mol. The molecule has 14 heavy (non-hydrogen) atoms. The minimum Gasteiger partial charge on any atom is -0.396 e. The molecule has 0 aliphatic carbocycles. The molecule has 2 nitrogen and oxygen atoms in total. The van der Waals surface area contributed by atoms with Gasteiger partial charge in [-0.25, -0.2) is 0 Å². The molecule has 0 aromatic heterocycles. The number of unbranched alkanes of at least 4 members (excludes halogenated alkanes) is 4. The van der Waals surface area contributed by atoms with Crippen LogP contribution in [0, 0.1) is 0 Å².